The van der Waals surface area contributed by atoms with Crippen LogP contribution in [0.25, 0.3) is 0 Å². The van der Waals surface area contributed by atoms with E-state index in [1.165, 1.54) is 14.7 Å². The molecule has 0 N–H and O–H groups in total. The maximum atomic E-state index is 13.3. The van der Waals surface area contributed by atoms with Gasteiger partial charge in [0.2, 0.25) is 9.84 Å². The third-order valence-corrected chi connectivity index (χ3v) is 10.7. The zero-order chi connectivity index (χ0) is 25.0. The minimum Gasteiger partial charge on any atom is -0.741 e. The lowest BCUT2D eigenvalue weighted by molar-refractivity contribution is -0.578. The predicted octanol–water partition coefficient (Wildman–Crippen LogP) is 2.12. The van der Waals surface area contributed by atoms with Gasteiger partial charge in [0.15, 0.2) is 17.3 Å². The van der Waals surface area contributed by atoms with Gasteiger partial charge < -0.3 is 4.55 Å². The number of alkyl halides is 3. The van der Waals surface area contributed by atoms with Gasteiger partial charge in [0.1, 0.15) is 4.91 Å². The van der Waals surface area contributed by atoms with Crippen molar-refractivity contribution >= 4 is 20.0 Å². The maximum absolute atomic E-state index is 13.3. The lowest BCUT2D eigenvalue weighted by Crippen LogP contribution is -3.61. The van der Waals surface area contributed by atoms with Crippen molar-refractivity contribution in [1.29, 1.82) is 0 Å². The summed E-state index contributed by atoms with van der Waals surface area (Å²) in [7, 11) is -9.52. The number of aryl methyl sites for hydroxylation is 1. The number of sulfone groups is 1. The normalized spacial score (nSPS) is 15.2. The van der Waals surface area contributed by atoms with E-state index in [0.717, 1.165) is 15.6 Å². The Morgan fingerprint density at radius 1 is 0.818 bits per heavy atom. The predicted molar refractivity (Wildman–Crippen MR) is 114 cm³/mol. The zero-order valence-electron chi connectivity index (χ0n) is 18.0. The second-order valence-electron chi connectivity index (χ2n) is 7.35. The molecule has 1 aliphatic carbocycles. The van der Waals surface area contributed by atoms with Crippen molar-refractivity contribution in [2.45, 2.75) is 44.0 Å². The molecule has 33 heavy (non-hydrogen) atoms. The van der Waals surface area contributed by atoms with Gasteiger partial charge in [-0.1, -0.05) is 47.0 Å². The maximum Gasteiger partial charge on any atom is 0.485 e. The van der Waals surface area contributed by atoms with E-state index >= 15 is 0 Å². The van der Waals surface area contributed by atoms with Crippen molar-refractivity contribution in [1.82, 2.24) is 0 Å². The molecule has 0 spiro atoms. The first kappa shape index (κ1) is 27.5. The monoisotopic (exact) mass is 614 g/mol. The Morgan fingerprint density at radius 3 is 1.79 bits per heavy atom. The molecule has 2 aromatic carbocycles. The van der Waals surface area contributed by atoms with Crippen molar-refractivity contribution in [2.75, 3.05) is 0 Å². The van der Waals surface area contributed by atoms with Gasteiger partial charge >= 0.3 is 26.7 Å². The molecule has 1 aliphatic rings. The molecule has 0 aromatic heterocycles. The molecule has 2 aromatic rings. The van der Waals surface area contributed by atoms with Crippen LogP contribution >= 0.6 is 0 Å². The van der Waals surface area contributed by atoms with Crippen LogP contribution in [0.4, 0.5) is 13.2 Å². The van der Waals surface area contributed by atoms with Crippen LogP contribution in [0, 0.1) is 10.5 Å². The summed E-state index contributed by atoms with van der Waals surface area (Å²) in [5, 5.41) is 0. The van der Waals surface area contributed by atoms with Crippen LogP contribution in [-0.4, -0.2) is 26.9 Å². The molecule has 0 fully saturated rings. The van der Waals surface area contributed by atoms with Gasteiger partial charge in [-0.3, -0.25) is 0 Å². The molecule has 0 bridgehead atoms. The fraction of sp³-hybridized carbons (Fsp3) is 0.273. The molecule has 0 amide bonds. The van der Waals surface area contributed by atoms with Crippen LogP contribution < -0.4 is 21.2 Å². The molecule has 0 atom stereocenters. The van der Waals surface area contributed by atoms with Crippen molar-refractivity contribution in [3.05, 3.63) is 83.4 Å². The average Bonchev–Trinajstić information content (AvgIpc) is 2.70. The van der Waals surface area contributed by atoms with E-state index in [2.05, 4.69) is 26.0 Å². The Labute approximate surface area is 202 Å². The number of hydrogen-bond donors (Lipinski definition) is 0. The second kappa shape index (κ2) is 10.7. The summed E-state index contributed by atoms with van der Waals surface area (Å²) in [4.78, 5) is 1.05. The van der Waals surface area contributed by atoms with Crippen molar-refractivity contribution < 1.29 is 55.8 Å². The van der Waals surface area contributed by atoms with Gasteiger partial charge in [-0.15, -0.1) is 0 Å². The molecule has 0 radical (unpaired) electrons. The van der Waals surface area contributed by atoms with E-state index in [9.17, 15) is 21.6 Å². The fourth-order valence-corrected chi connectivity index (χ4v) is 8.22. The Morgan fingerprint density at radius 2 is 1.30 bits per heavy atom. The Balaban J connectivity index is 0.000000414. The fourth-order valence-electron chi connectivity index (χ4n) is 2.77. The van der Waals surface area contributed by atoms with Crippen molar-refractivity contribution in [2.24, 2.45) is 0 Å². The summed E-state index contributed by atoms with van der Waals surface area (Å²) in [6.07, 6.45) is 1.33. The van der Waals surface area contributed by atoms with E-state index < -0.39 is 46.7 Å². The first-order valence-electron chi connectivity index (χ1n) is 9.54. The topological polar surface area (TPSA) is 91.3 Å². The van der Waals surface area contributed by atoms with Crippen LogP contribution in [0.5, 0.6) is 0 Å². The van der Waals surface area contributed by atoms with Gasteiger partial charge in [-0.05, 0) is 45.0 Å². The Hall–Kier alpha value is -1.70. The summed E-state index contributed by atoms with van der Waals surface area (Å²) >= 11 is -0.479. The molecule has 0 saturated carbocycles. The third-order valence-electron chi connectivity index (χ3n) is 4.77. The van der Waals surface area contributed by atoms with E-state index in [-0.39, 0.29) is 0 Å². The molecule has 0 heterocycles. The number of benzene rings is 2. The van der Waals surface area contributed by atoms with Crippen LogP contribution in [0.3, 0.4) is 0 Å². The van der Waals surface area contributed by atoms with Gasteiger partial charge in [0.05, 0.1) is 4.90 Å². The highest BCUT2D eigenvalue weighted by Crippen LogP contribution is 2.32. The largest absolute Gasteiger partial charge is 0.741 e. The number of hydrogen-bond acceptors (Lipinski definition) is 5. The third kappa shape index (κ3) is 7.39. The summed E-state index contributed by atoms with van der Waals surface area (Å²) in [6.45, 7) is 6.15. The molecular formula is C22H22F3IO5S2. The molecule has 5 nitrogen and oxygen atoms in total. The highest BCUT2D eigenvalue weighted by atomic mass is 127. The smallest absolute Gasteiger partial charge is 0.485 e. The first-order chi connectivity index (χ1) is 15.1. The van der Waals surface area contributed by atoms with Gasteiger partial charge in [-0.25, -0.2) is 16.8 Å². The minimum atomic E-state index is -6.09. The Bertz CT molecular complexity index is 1260. The molecule has 3 rings (SSSR count). The number of rotatable bonds is 4. The molecule has 0 unspecified atom stereocenters. The van der Waals surface area contributed by atoms with E-state index in [1.54, 1.807) is 12.1 Å². The van der Waals surface area contributed by atoms with Crippen LogP contribution in [0.1, 0.15) is 32.3 Å². The van der Waals surface area contributed by atoms with E-state index in [4.69, 9.17) is 13.0 Å². The van der Waals surface area contributed by atoms with Gasteiger partial charge in [0.25, 0.3) is 0 Å². The highest BCUT2D eigenvalue weighted by Gasteiger charge is 2.37. The van der Waals surface area contributed by atoms with Crippen molar-refractivity contribution in [3.63, 3.8) is 0 Å². The van der Waals surface area contributed by atoms with Crippen LogP contribution in [0.2, 0.25) is 0 Å². The standard InChI is InChI=1S/C21H22IO2S.CHF3O3S/c1-15-9-11-19(12-10-15)25(23,24)21-14-17(3)16(2)13-20(21)22-18-7-5-4-6-8-18;2-1(3,4)8(5,6)7/h4-12H,13-14H2,1-3H3;(H,5,6,7)/q+1;/p-1. The average molecular weight is 614 g/mol. The molecule has 180 valence electrons. The lowest BCUT2D eigenvalue weighted by Gasteiger charge is -2.17. The zero-order valence-corrected chi connectivity index (χ0v) is 21.8. The summed E-state index contributed by atoms with van der Waals surface area (Å²) in [5.41, 5.74) is -2.08. The summed E-state index contributed by atoms with van der Waals surface area (Å²) in [6, 6.07) is 17.5. The molecule has 0 aliphatic heterocycles. The van der Waals surface area contributed by atoms with Crippen LogP contribution in [-0.2, 0) is 20.0 Å². The Kier molecular flexibility index (Phi) is 8.93. The molecule has 11 heteroatoms. The number of halogens is 4. The minimum absolute atomic E-state index is 0.412. The number of allylic oxidation sites excluding steroid dienone is 4. The molecule has 0 saturated heterocycles. The quantitative estimate of drug-likeness (QED) is 0.228. The summed E-state index contributed by atoms with van der Waals surface area (Å²) in [5.74, 6) is 0. The summed E-state index contributed by atoms with van der Waals surface area (Å²) < 4.78 is 87.9. The second-order valence-corrected chi connectivity index (χ2v) is 13.8. The van der Waals surface area contributed by atoms with Gasteiger partial charge in [-0.2, -0.15) is 13.2 Å². The first-order valence-corrected chi connectivity index (χ1v) is 14.6. The highest BCUT2D eigenvalue weighted by molar-refractivity contribution is 7.95. The van der Waals surface area contributed by atoms with Crippen LogP contribution in [0.15, 0.2) is 79.1 Å². The lowest BCUT2D eigenvalue weighted by atomic mass is 10.00. The SMILES string of the molecule is CC1=C(C)CC(S(=O)(=O)c2ccc(C)cc2)=C([I+]c2ccccc2)C1.O=S(=O)([O-])C(F)(F)F. The van der Waals surface area contributed by atoms with E-state index in [1.807, 2.05) is 37.3 Å². The molecular weight excluding hydrogens is 592 g/mol. The van der Waals surface area contributed by atoms with E-state index in [0.29, 0.717) is 16.2 Å². The van der Waals surface area contributed by atoms with Gasteiger partial charge in [0, 0.05) is 12.8 Å². The van der Waals surface area contributed by atoms with Crippen molar-refractivity contribution in [3.8, 4) is 0 Å².